The fourth-order valence-electron chi connectivity index (χ4n) is 1.90. The number of nitrogens with zero attached hydrogens (tertiary/aromatic N) is 1. The van der Waals surface area contributed by atoms with E-state index in [2.05, 4.69) is 5.32 Å². The molecule has 0 bridgehead atoms. The first-order chi connectivity index (χ1) is 7.60. The van der Waals surface area contributed by atoms with Gasteiger partial charge in [-0.05, 0) is 36.9 Å². The maximum atomic E-state index is 12.1. The summed E-state index contributed by atoms with van der Waals surface area (Å²) in [4.78, 5) is 0. The van der Waals surface area contributed by atoms with Gasteiger partial charge in [0, 0.05) is 13.6 Å². The first-order valence-corrected chi connectivity index (χ1v) is 7.63. The van der Waals surface area contributed by atoms with E-state index in [0.717, 1.165) is 19.5 Å². The van der Waals surface area contributed by atoms with Gasteiger partial charge in [0.2, 0.25) is 0 Å². The fourth-order valence-corrected chi connectivity index (χ4v) is 4.34. The molecule has 0 radical (unpaired) electrons. The van der Waals surface area contributed by atoms with Crippen LogP contribution in [0.3, 0.4) is 0 Å². The second-order valence-corrected chi connectivity index (χ2v) is 7.30. The second kappa shape index (κ2) is 4.83. The van der Waals surface area contributed by atoms with Crippen molar-refractivity contribution in [2.75, 3.05) is 26.7 Å². The Morgan fingerprint density at radius 2 is 2.44 bits per heavy atom. The lowest BCUT2D eigenvalue weighted by Crippen LogP contribution is -2.32. The van der Waals surface area contributed by atoms with E-state index in [9.17, 15) is 8.42 Å². The molecule has 1 unspecified atom stereocenters. The average molecular weight is 260 g/mol. The van der Waals surface area contributed by atoms with Gasteiger partial charge in [-0.1, -0.05) is 6.07 Å². The van der Waals surface area contributed by atoms with Crippen LogP contribution in [-0.2, 0) is 10.0 Å². The summed E-state index contributed by atoms with van der Waals surface area (Å²) in [6, 6.07) is 3.42. The Balaban J connectivity index is 2.06. The summed E-state index contributed by atoms with van der Waals surface area (Å²) in [6.07, 6.45) is 1.06. The highest BCUT2D eigenvalue weighted by Gasteiger charge is 2.25. The quantitative estimate of drug-likeness (QED) is 0.878. The van der Waals surface area contributed by atoms with Gasteiger partial charge in [0.1, 0.15) is 4.21 Å². The predicted octanol–water partition coefficient (Wildman–Crippen LogP) is 0.978. The van der Waals surface area contributed by atoms with Crippen molar-refractivity contribution >= 4 is 21.4 Å². The average Bonchev–Trinajstić information content (AvgIpc) is 2.89. The van der Waals surface area contributed by atoms with E-state index in [1.54, 1.807) is 24.6 Å². The van der Waals surface area contributed by atoms with Crippen LogP contribution in [0.4, 0.5) is 0 Å². The van der Waals surface area contributed by atoms with E-state index in [0.29, 0.717) is 16.7 Å². The highest BCUT2D eigenvalue weighted by atomic mass is 32.2. The smallest absolute Gasteiger partial charge is 0.252 e. The molecule has 2 heterocycles. The van der Waals surface area contributed by atoms with Crippen LogP contribution in [0, 0.1) is 5.92 Å². The largest absolute Gasteiger partial charge is 0.316 e. The first-order valence-electron chi connectivity index (χ1n) is 5.31. The van der Waals surface area contributed by atoms with Crippen molar-refractivity contribution in [1.29, 1.82) is 0 Å². The topological polar surface area (TPSA) is 49.4 Å². The van der Waals surface area contributed by atoms with Crippen molar-refractivity contribution in [3.05, 3.63) is 17.5 Å². The Labute approximate surface area is 100 Å². The summed E-state index contributed by atoms with van der Waals surface area (Å²) < 4.78 is 26.1. The molecule has 90 valence electrons. The molecule has 1 saturated heterocycles. The van der Waals surface area contributed by atoms with Gasteiger partial charge in [-0.25, -0.2) is 8.42 Å². The third-order valence-electron chi connectivity index (χ3n) is 2.84. The van der Waals surface area contributed by atoms with Crippen molar-refractivity contribution in [2.45, 2.75) is 10.6 Å². The molecule has 1 aliphatic heterocycles. The summed E-state index contributed by atoms with van der Waals surface area (Å²) in [6.45, 7) is 2.52. The molecule has 1 atom stereocenters. The number of thiophene rings is 1. The van der Waals surface area contributed by atoms with Crippen molar-refractivity contribution in [2.24, 2.45) is 5.92 Å². The number of hydrogen-bond donors (Lipinski definition) is 1. The molecule has 1 aromatic heterocycles. The molecule has 6 heteroatoms. The van der Waals surface area contributed by atoms with Gasteiger partial charge in [0.25, 0.3) is 10.0 Å². The molecule has 4 nitrogen and oxygen atoms in total. The van der Waals surface area contributed by atoms with Crippen molar-refractivity contribution < 1.29 is 8.42 Å². The number of nitrogens with one attached hydrogen (secondary N) is 1. The molecule has 0 aromatic carbocycles. The molecule has 16 heavy (non-hydrogen) atoms. The van der Waals surface area contributed by atoms with Gasteiger partial charge < -0.3 is 5.32 Å². The molecule has 0 amide bonds. The highest BCUT2D eigenvalue weighted by Crippen LogP contribution is 2.21. The van der Waals surface area contributed by atoms with Gasteiger partial charge in [-0.15, -0.1) is 11.3 Å². The van der Waals surface area contributed by atoms with Gasteiger partial charge in [-0.2, -0.15) is 4.31 Å². The monoisotopic (exact) mass is 260 g/mol. The molecular weight excluding hydrogens is 244 g/mol. The lowest BCUT2D eigenvalue weighted by Gasteiger charge is -2.19. The zero-order chi connectivity index (χ0) is 11.6. The first kappa shape index (κ1) is 12.0. The Kier molecular flexibility index (Phi) is 3.63. The second-order valence-electron chi connectivity index (χ2n) is 4.08. The molecule has 2 rings (SSSR count). The van der Waals surface area contributed by atoms with Gasteiger partial charge in [-0.3, -0.25) is 0 Å². The number of hydrogen-bond acceptors (Lipinski definition) is 4. The zero-order valence-electron chi connectivity index (χ0n) is 9.22. The SMILES string of the molecule is CN(CC1CCNC1)S(=O)(=O)c1cccs1. The minimum Gasteiger partial charge on any atom is -0.316 e. The van der Waals surface area contributed by atoms with Crippen LogP contribution in [-0.4, -0.2) is 39.4 Å². The maximum absolute atomic E-state index is 12.1. The normalized spacial score (nSPS) is 21.8. The zero-order valence-corrected chi connectivity index (χ0v) is 10.9. The van der Waals surface area contributed by atoms with Crippen molar-refractivity contribution in [1.82, 2.24) is 9.62 Å². The standard InChI is InChI=1S/C10H16N2O2S2/c1-12(8-9-4-5-11-7-9)16(13,14)10-3-2-6-15-10/h2-3,6,9,11H,4-5,7-8H2,1H3. The number of rotatable bonds is 4. The lowest BCUT2D eigenvalue weighted by molar-refractivity contribution is 0.400. The van der Waals surface area contributed by atoms with Crippen molar-refractivity contribution in [3.63, 3.8) is 0 Å². The minimum absolute atomic E-state index is 0.431. The molecule has 0 spiro atoms. The highest BCUT2D eigenvalue weighted by molar-refractivity contribution is 7.91. The number of sulfonamides is 1. The van der Waals surface area contributed by atoms with E-state index >= 15 is 0 Å². The lowest BCUT2D eigenvalue weighted by atomic mass is 10.1. The molecule has 0 aliphatic carbocycles. The van der Waals surface area contributed by atoms with Gasteiger partial charge in [0.15, 0.2) is 0 Å². The Hall–Kier alpha value is -0.430. The minimum atomic E-state index is -3.26. The third kappa shape index (κ3) is 2.45. The summed E-state index contributed by atoms with van der Waals surface area (Å²) >= 11 is 1.27. The van der Waals surface area contributed by atoms with Crippen LogP contribution in [0.25, 0.3) is 0 Å². The van der Waals surface area contributed by atoms with E-state index in [1.807, 2.05) is 0 Å². The van der Waals surface area contributed by atoms with Crippen LogP contribution < -0.4 is 5.32 Å². The van der Waals surface area contributed by atoms with E-state index < -0.39 is 10.0 Å². The van der Waals surface area contributed by atoms with Crippen molar-refractivity contribution in [3.8, 4) is 0 Å². The molecule has 1 aliphatic rings. The Bertz CT molecular complexity index is 422. The summed E-state index contributed by atoms with van der Waals surface area (Å²) in [5.41, 5.74) is 0. The van der Waals surface area contributed by atoms with Gasteiger partial charge >= 0.3 is 0 Å². The van der Waals surface area contributed by atoms with E-state index in [4.69, 9.17) is 0 Å². The molecule has 1 fully saturated rings. The maximum Gasteiger partial charge on any atom is 0.252 e. The van der Waals surface area contributed by atoms with Crippen LogP contribution in [0.1, 0.15) is 6.42 Å². The molecule has 1 N–H and O–H groups in total. The summed E-state index contributed by atoms with van der Waals surface area (Å²) in [5, 5.41) is 5.03. The molecule has 1 aromatic rings. The van der Waals surface area contributed by atoms with Gasteiger partial charge in [0.05, 0.1) is 0 Å². The van der Waals surface area contributed by atoms with Crippen LogP contribution in [0.15, 0.2) is 21.7 Å². The van der Waals surface area contributed by atoms with Crippen LogP contribution in [0.2, 0.25) is 0 Å². The van der Waals surface area contributed by atoms with E-state index in [1.165, 1.54) is 15.6 Å². The molecule has 0 saturated carbocycles. The Morgan fingerprint density at radius 3 is 3.00 bits per heavy atom. The Morgan fingerprint density at radius 1 is 1.62 bits per heavy atom. The summed E-state index contributed by atoms with van der Waals surface area (Å²) in [5.74, 6) is 0.444. The molecular formula is C10H16N2O2S2. The van der Waals surface area contributed by atoms with Crippen LogP contribution in [0.5, 0.6) is 0 Å². The van der Waals surface area contributed by atoms with E-state index in [-0.39, 0.29) is 0 Å². The summed E-state index contributed by atoms with van der Waals surface area (Å²) in [7, 11) is -1.60. The third-order valence-corrected chi connectivity index (χ3v) is 6.03. The predicted molar refractivity (Wildman–Crippen MR) is 65.1 cm³/mol. The van der Waals surface area contributed by atoms with Crippen LogP contribution >= 0.6 is 11.3 Å². The fraction of sp³-hybridized carbons (Fsp3) is 0.600.